The predicted octanol–water partition coefficient (Wildman–Crippen LogP) is 2.65. The maximum atomic E-state index is 12.5. The summed E-state index contributed by atoms with van der Waals surface area (Å²) in [5, 5.41) is 7.11. The van der Waals surface area contributed by atoms with Gasteiger partial charge < -0.3 is 4.90 Å². The molecule has 0 fully saturated rings. The van der Waals surface area contributed by atoms with Gasteiger partial charge in [-0.25, -0.2) is 0 Å². The van der Waals surface area contributed by atoms with Gasteiger partial charge in [0, 0.05) is 19.5 Å². The average Bonchev–Trinajstić information content (AvgIpc) is 2.58. The van der Waals surface area contributed by atoms with Gasteiger partial charge in [-0.3, -0.25) is 5.10 Å². The highest BCUT2D eigenvalue weighted by atomic mass is 19.4. The maximum absolute atomic E-state index is 12.5. The van der Waals surface area contributed by atoms with Crippen molar-refractivity contribution >= 4 is 16.7 Å². The van der Waals surface area contributed by atoms with Crippen molar-refractivity contribution in [1.29, 1.82) is 0 Å². The molecule has 86 valence electrons. The number of hydrogen-bond acceptors (Lipinski definition) is 2. The summed E-state index contributed by atoms with van der Waals surface area (Å²) in [7, 11) is 3.46. The lowest BCUT2D eigenvalue weighted by atomic mass is 10.1. The molecule has 0 unspecified atom stereocenters. The number of hydrogen-bond donors (Lipinski definition) is 1. The number of nitrogens with zero attached hydrogens (tertiary/aromatic N) is 2. The molecule has 16 heavy (non-hydrogen) atoms. The van der Waals surface area contributed by atoms with Gasteiger partial charge in [-0.2, -0.15) is 18.3 Å². The normalized spacial score (nSPS) is 12.1. The van der Waals surface area contributed by atoms with Crippen molar-refractivity contribution in [3.8, 4) is 0 Å². The van der Waals surface area contributed by atoms with Crippen LogP contribution in [-0.2, 0) is 6.18 Å². The number of aromatic nitrogens is 2. The van der Waals surface area contributed by atoms with Crippen molar-refractivity contribution in [2.45, 2.75) is 6.18 Å². The first-order valence-electron chi connectivity index (χ1n) is 4.62. The number of nitrogens with one attached hydrogen (secondary N) is 1. The lowest BCUT2D eigenvalue weighted by molar-refractivity contribution is -0.137. The van der Waals surface area contributed by atoms with E-state index in [1.165, 1.54) is 6.07 Å². The molecule has 0 aliphatic heterocycles. The van der Waals surface area contributed by atoms with Gasteiger partial charge in [0.15, 0.2) is 5.82 Å². The zero-order valence-corrected chi connectivity index (χ0v) is 8.76. The minimum atomic E-state index is -4.32. The van der Waals surface area contributed by atoms with Crippen molar-refractivity contribution in [3.05, 3.63) is 23.8 Å². The van der Waals surface area contributed by atoms with E-state index in [4.69, 9.17) is 0 Å². The lowest BCUT2D eigenvalue weighted by Gasteiger charge is -2.10. The van der Waals surface area contributed by atoms with Crippen LogP contribution in [0, 0.1) is 0 Å². The van der Waals surface area contributed by atoms with Crippen molar-refractivity contribution in [2.75, 3.05) is 19.0 Å². The van der Waals surface area contributed by atoms with E-state index >= 15 is 0 Å². The van der Waals surface area contributed by atoms with Crippen LogP contribution in [0.15, 0.2) is 18.2 Å². The number of anilines is 1. The summed E-state index contributed by atoms with van der Waals surface area (Å²) in [6.07, 6.45) is -4.32. The first-order chi connectivity index (χ1) is 7.39. The lowest BCUT2D eigenvalue weighted by Crippen LogP contribution is -2.09. The molecule has 0 atom stereocenters. The fourth-order valence-corrected chi connectivity index (χ4v) is 1.52. The number of alkyl halides is 3. The Balaban J connectivity index is 2.63. The number of H-pyrrole nitrogens is 1. The van der Waals surface area contributed by atoms with Crippen LogP contribution in [0.1, 0.15) is 5.56 Å². The number of fused-ring (bicyclic) bond motifs is 1. The van der Waals surface area contributed by atoms with Gasteiger partial charge in [0.05, 0.1) is 11.1 Å². The third-order valence-electron chi connectivity index (χ3n) is 2.29. The summed E-state index contributed by atoms with van der Waals surface area (Å²) in [4.78, 5) is 1.67. The Morgan fingerprint density at radius 3 is 2.50 bits per heavy atom. The summed E-state index contributed by atoms with van der Waals surface area (Å²) >= 11 is 0. The van der Waals surface area contributed by atoms with Crippen LogP contribution >= 0.6 is 0 Å². The molecule has 1 heterocycles. The Kier molecular flexibility index (Phi) is 2.29. The van der Waals surface area contributed by atoms with E-state index in [9.17, 15) is 13.2 Å². The minimum Gasteiger partial charge on any atom is -0.361 e. The second-order valence-corrected chi connectivity index (χ2v) is 3.70. The highest BCUT2D eigenvalue weighted by molar-refractivity contribution is 5.90. The second-order valence-electron chi connectivity index (χ2n) is 3.70. The molecule has 6 heteroatoms. The number of aromatic amines is 1. The molecule has 0 saturated carbocycles. The van der Waals surface area contributed by atoms with Crippen molar-refractivity contribution in [1.82, 2.24) is 10.2 Å². The van der Waals surface area contributed by atoms with Gasteiger partial charge >= 0.3 is 6.18 Å². The molecule has 0 aliphatic carbocycles. The van der Waals surface area contributed by atoms with Crippen LogP contribution in [0.4, 0.5) is 19.0 Å². The van der Waals surface area contributed by atoms with Gasteiger partial charge in [0.25, 0.3) is 0 Å². The number of benzene rings is 1. The topological polar surface area (TPSA) is 31.9 Å². The van der Waals surface area contributed by atoms with E-state index in [1.54, 1.807) is 19.0 Å². The molecule has 2 rings (SSSR count). The summed E-state index contributed by atoms with van der Waals surface area (Å²) in [5.74, 6) is 0.501. The van der Waals surface area contributed by atoms with Crippen molar-refractivity contribution in [3.63, 3.8) is 0 Å². The van der Waals surface area contributed by atoms with Crippen LogP contribution in [0.25, 0.3) is 10.9 Å². The summed E-state index contributed by atoms with van der Waals surface area (Å²) < 4.78 is 37.5. The zero-order chi connectivity index (χ0) is 11.9. The Morgan fingerprint density at radius 2 is 1.94 bits per heavy atom. The Labute approximate surface area is 89.9 Å². The Morgan fingerprint density at radius 1 is 1.25 bits per heavy atom. The van der Waals surface area contributed by atoms with Gasteiger partial charge in [-0.15, -0.1) is 0 Å². The molecule has 0 radical (unpaired) electrons. The number of rotatable bonds is 1. The molecule has 1 N–H and O–H groups in total. The Hall–Kier alpha value is -1.72. The zero-order valence-electron chi connectivity index (χ0n) is 8.76. The first-order valence-corrected chi connectivity index (χ1v) is 4.62. The number of halogens is 3. The third kappa shape index (κ3) is 1.70. The van der Waals surface area contributed by atoms with E-state index in [1.807, 2.05) is 0 Å². The predicted molar refractivity (Wildman–Crippen MR) is 55.4 cm³/mol. The smallest absolute Gasteiger partial charge is 0.361 e. The van der Waals surface area contributed by atoms with Gasteiger partial charge in [0.2, 0.25) is 0 Å². The molecule has 3 nitrogen and oxygen atoms in total. The standard InChI is InChI=1S/C10H10F3N3/c1-16(2)9-7-5-6(10(11,12)13)3-4-8(7)14-15-9/h3-5H,1-2H3,(H,14,15). The van der Waals surface area contributed by atoms with Crippen LogP contribution in [0.5, 0.6) is 0 Å². The van der Waals surface area contributed by atoms with Gasteiger partial charge in [-0.1, -0.05) is 0 Å². The highest BCUT2D eigenvalue weighted by Crippen LogP contribution is 2.33. The van der Waals surface area contributed by atoms with Gasteiger partial charge in [0.1, 0.15) is 0 Å². The van der Waals surface area contributed by atoms with E-state index in [0.717, 1.165) is 12.1 Å². The largest absolute Gasteiger partial charge is 0.416 e. The minimum absolute atomic E-state index is 0.472. The molecule has 1 aromatic carbocycles. The van der Waals surface area contributed by atoms with E-state index < -0.39 is 11.7 Å². The summed E-state index contributed by atoms with van der Waals surface area (Å²) in [5.41, 5.74) is -0.0683. The molecule has 2 aromatic rings. The van der Waals surface area contributed by atoms with Gasteiger partial charge in [-0.05, 0) is 18.2 Å². The summed E-state index contributed by atoms with van der Waals surface area (Å²) in [6.45, 7) is 0. The van der Waals surface area contributed by atoms with Crippen LogP contribution in [0.2, 0.25) is 0 Å². The quantitative estimate of drug-likeness (QED) is 0.815. The van der Waals surface area contributed by atoms with Crippen molar-refractivity contribution < 1.29 is 13.2 Å². The maximum Gasteiger partial charge on any atom is 0.416 e. The molecule has 0 aliphatic rings. The molecular weight excluding hydrogens is 219 g/mol. The monoisotopic (exact) mass is 229 g/mol. The molecular formula is C10H10F3N3. The Bertz CT molecular complexity index is 513. The van der Waals surface area contributed by atoms with E-state index in [2.05, 4.69) is 10.2 Å². The fourth-order valence-electron chi connectivity index (χ4n) is 1.52. The SMILES string of the molecule is CN(C)c1n[nH]c2ccc(C(F)(F)F)cc12. The molecule has 0 bridgehead atoms. The molecule has 1 aromatic heterocycles. The van der Waals surface area contributed by atoms with E-state index in [-0.39, 0.29) is 0 Å². The second kappa shape index (κ2) is 3.40. The van der Waals surface area contributed by atoms with Crippen LogP contribution < -0.4 is 4.90 Å². The third-order valence-corrected chi connectivity index (χ3v) is 2.29. The summed E-state index contributed by atoms with van der Waals surface area (Å²) in [6, 6.07) is 3.53. The molecule has 0 amide bonds. The van der Waals surface area contributed by atoms with E-state index in [0.29, 0.717) is 16.7 Å². The van der Waals surface area contributed by atoms with Crippen molar-refractivity contribution in [2.24, 2.45) is 0 Å². The fraction of sp³-hybridized carbons (Fsp3) is 0.300. The molecule has 0 saturated heterocycles. The van der Waals surface area contributed by atoms with Crippen LogP contribution in [0.3, 0.4) is 0 Å². The van der Waals surface area contributed by atoms with Crippen LogP contribution in [-0.4, -0.2) is 24.3 Å². The average molecular weight is 229 g/mol. The molecule has 0 spiro atoms. The first kappa shape index (κ1) is 10.8. The highest BCUT2D eigenvalue weighted by Gasteiger charge is 2.30.